The molecule has 6 nitrogen and oxygen atoms in total. The van der Waals surface area contributed by atoms with Crippen molar-refractivity contribution in [2.75, 3.05) is 5.32 Å². The second kappa shape index (κ2) is 8.83. The molecule has 4 aromatic rings. The van der Waals surface area contributed by atoms with Crippen LogP contribution in [-0.2, 0) is 11.3 Å². The zero-order valence-corrected chi connectivity index (χ0v) is 19.1. The highest BCUT2D eigenvalue weighted by Gasteiger charge is 2.20. The van der Waals surface area contributed by atoms with E-state index in [9.17, 15) is 4.79 Å². The van der Waals surface area contributed by atoms with Gasteiger partial charge in [-0.1, -0.05) is 42.5 Å². The Kier molecular flexibility index (Phi) is 5.95. The van der Waals surface area contributed by atoms with Gasteiger partial charge in [0.25, 0.3) is 5.91 Å². The number of carbonyl (C=O) groups excluding carboxylic acids is 1. The van der Waals surface area contributed by atoms with E-state index in [0.29, 0.717) is 12.4 Å². The molecule has 164 valence electrons. The maximum atomic E-state index is 12.8. The zero-order chi connectivity index (χ0) is 22.8. The van der Waals surface area contributed by atoms with Crippen LogP contribution in [0.25, 0.3) is 22.2 Å². The third kappa shape index (κ3) is 4.21. The summed E-state index contributed by atoms with van der Waals surface area (Å²) in [5.41, 5.74) is 6.59. The molecule has 6 heteroatoms. The summed E-state index contributed by atoms with van der Waals surface area (Å²) in [6.07, 6.45) is -0.720. The lowest BCUT2D eigenvalue weighted by Gasteiger charge is -2.16. The molecule has 1 atom stereocenters. The van der Waals surface area contributed by atoms with Gasteiger partial charge in [0, 0.05) is 18.3 Å². The lowest BCUT2D eigenvalue weighted by Crippen LogP contribution is -2.30. The maximum Gasteiger partial charge on any atom is 0.265 e. The van der Waals surface area contributed by atoms with E-state index >= 15 is 0 Å². The molecule has 2 aromatic carbocycles. The molecule has 0 saturated carbocycles. The van der Waals surface area contributed by atoms with E-state index in [-0.39, 0.29) is 5.91 Å². The Morgan fingerprint density at radius 2 is 1.84 bits per heavy atom. The number of nitrogens with zero attached hydrogens (tertiary/aromatic N) is 3. The number of nitrogens with one attached hydrogen (secondary N) is 1. The first-order valence-electron chi connectivity index (χ1n) is 10.9. The van der Waals surface area contributed by atoms with Crippen molar-refractivity contribution in [3.63, 3.8) is 0 Å². The van der Waals surface area contributed by atoms with Crippen LogP contribution in [0.2, 0.25) is 0 Å². The van der Waals surface area contributed by atoms with Crippen molar-refractivity contribution in [1.82, 2.24) is 14.8 Å². The van der Waals surface area contributed by atoms with Gasteiger partial charge in [0.1, 0.15) is 0 Å². The summed E-state index contributed by atoms with van der Waals surface area (Å²) in [5, 5.41) is 8.61. The fourth-order valence-corrected chi connectivity index (χ4v) is 3.80. The minimum atomic E-state index is -0.720. The smallest absolute Gasteiger partial charge is 0.265 e. The van der Waals surface area contributed by atoms with Crippen LogP contribution >= 0.6 is 0 Å². The maximum absolute atomic E-state index is 12.8. The van der Waals surface area contributed by atoms with E-state index in [0.717, 1.165) is 44.7 Å². The Morgan fingerprint density at radius 1 is 1.09 bits per heavy atom. The SMILES string of the molecule is CCn1nc(C)c2c(-c3ccccc3)cc(O[C@H](C)C(=O)Nc3cc(C)ccc3C)nc21. The van der Waals surface area contributed by atoms with Gasteiger partial charge in [-0.15, -0.1) is 0 Å². The number of benzene rings is 2. The topological polar surface area (TPSA) is 69.0 Å². The van der Waals surface area contributed by atoms with Crippen molar-refractivity contribution in [3.8, 4) is 17.0 Å². The van der Waals surface area contributed by atoms with Gasteiger partial charge in [0.05, 0.1) is 11.1 Å². The highest BCUT2D eigenvalue weighted by molar-refractivity contribution is 5.96. The van der Waals surface area contributed by atoms with Gasteiger partial charge >= 0.3 is 0 Å². The van der Waals surface area contributed by atoms with E-state index in [4.69, 9.17) is 9.72 Å². The number of aromatic nitrogens is 3. The molecule has 0 aliphatic heterocycles. The molecule has 0 bridgehead atoms. The molecular weight excluding hydrogens is 400 g/mol. The van der Waals surface area contributed by atoms with Gasteiger partial charge in [-0.3, -0.25) is 4.79 Å². The third-order valence-corrected chi connectivity index (χ3v) is 5.56. The molecule has 4 rings (SSSR count). The van der Waals surface area contributed by atoms with Crippen LogP contribution in [0.1, 0.15) is 30.7 Å². The first kappa shape index (κ1) is 21.6. The normalized spacial score (nSPS) is 12.0. The summed E-state index contributed by atoms with van der Waals surface area (Å²) < 4.78 is 7.90. The van der Waals surface area contributed by atoms with Crippen LogP contribution in [0, 0.1) is 20.8 Å². The van der Waals surface area contributed by atoms with Crippen LogP contribution in [0.4, 0.5) is 5.69 Å². The van der Waals surface area contributed by atoms with E-state index in [1.54, 1.807) is 6.92 Å². The molecule has 0 unspecified atom stereocenters. The van der Waals surface area contributed by atoms with Gasteiger partial charge < -0.3 is 10.1 Å². The Labute approximate surface area is 188 Å². The fraction of sp³-hybridized carbons (Fsp3) is 0.269. The molecule has 1 amide bonds. The molecule has 0 spiro atoms. The number of pyridine rings is 1. The summed E-state index contributed by atoms with van der Waals surface area (Å²) in [4.78, 5) is 17.6. The molecule has 0 saturated heterocycles. The number of anilines is 1. The average Bonchev–Trinajstić information content (AvgIpc) is 3.11. The van der Waals surface area contributed by atoms with Gasteiger partial charge in [0.15, 0.2) is 11.8 Å². The van der Waals surface area contributed by atoms with Gasteiger partial charge in [0.2, 0.25) is 5.88 Å². The number of fused-ring (bicyclic) bond motifs is 1. The molecule has 32 heavy (non-hydrogen) atoms. The third-order valence-electron chi connectivity index (χ3n) is 5.56. The summed E-state index contributed by atoms with van der Waals surface area (Å²) in [5.74, 6) is 0.177. The van der Waals surface area contributed by atoms with Crippen LogP contribution in [0.5, 0.6) is 5.88 Å². The summed E-state index contributed by atoms with van der Waals surface area (Å²) in [6.45, 7) is 10.4. The quantitative estimate of drug-likeness (QED) is 0.443. The Bertz CT molecular complexity index is 1280. The highest BCUT2D eigenvalue weighted by atomic mass is 16.5. The zero-order valence-electron chi connectivity index (χ0n) is 19.1. The second-order valence-corrected chi connectivity index (χ2v) is 8.04. The first-order chi connectivity index (χ1) is 15.4. The summed E-state index contributed by atoms with van der Waals surface area (Å²) in [7, 11) is 0. The average molecular weight is 429 g/mol. The monoisotopic (exact) mass is 428 g/mol. The first-order valence-corrected chi connectivity index (χ1v) is 10.9. The number of rotatable bonds is 6. The van der Waals surface area contributed by atoms with Crippen LogP contribution in [-0.4, -0.2) is 26.8 Å². The summed E-state index contributed by atoms with van der Waals surface area (Å²) >= 11 is 0. The van der Waals surface area contributed by atoms with Crippen LogP contribution in [0.3, 0.4) is 0 Å². The van der Waals surface area contributed by atoms with Crippen LogP contribution in [0.15, 0.2) is 54.6 Å². The number of ether oxygens (including phenoxy) is 1. The van der Waals surface area contributed by atoms with Crippen molar-refractivity contribution in [1.29, 1.82) is 0 Å². The van der Waals surface area contributed by atoms with Gasteiger partial charge in [-0.05, 0) is 62.9 Å². The molecule has 0 aliphatic carbocycles. The van der Waals surface area contributed by atoms with Crippen LogP contribution < -0.4 is 10.1 Å². The van der Waals surface area contributed by atoms with E-state index in [2.05, 4.69) is 22.5 Å². The molecule has 0 radical (unpaired) electrons. The predicted octanol–water partition coefficient (Wildman–Crippen LogP) is 5.45. The van der Waals surface area contributed by atoms with Crippen molar-refractivity contribution in [3.05, 3.63) is 71.4 Å². The fourth-order valence-electron chi connectivity index (χ4n) is 3.80. The molecule has 1 N–H and O–H groups in total. The van der Waals surface area contributed by atoms with Crippen molar-refractivity contribution in [2.45, 2.75) is 47.3 Å². The van der Waals surface area contributed by atoms with Gasteiger partial charge in [-0.25, -0.2) is 4.68 Å². The lowest BCUT2D eigenvalue weighted by atomic mass is 10.0. The number of carbonyl (C=O) groups is 1. The second-order valence-electron chi connectivity index (χ2n) is 8.04. The van der Waals surface area contributed by atoms with Crippen molar-refractivity contribution >= 4 is 22.6 Å². The number of aryl methyl sites for hydroxylation is 4. The van der Waals surface area contributed by atoms with Gasteiger partial charge in [-0.2, -0.15) is 10.1 Å². The number of amides is 1. The Balaban J connectivity index is 1.68. The molecule has 2 aromatic heterocycles. The molecular formula is C26H28N4O2. The van der Waals surface area contributed by atoms with Crippen molar-refractivity contribution in [2.24, 2.45) is 0 Å². The van der Waals surface area contributed by atoms with E-state index in [1.807, 2.05) is 74.8 Å². The standard InChI is InChI=1S/C26H28N4O2/c1-6-30-25-24(18(4)29-30)21(20-10-8-7-9-11-20)15-23(28-25)32-19(5)26(31)27-22-14-16(2)12-13-17(22)3/h7-15,19H,6H2,1-5H3,(H,27,31)/t19-/m1/s1. The van der Waals surface area contributed by atoms with E-state index in [1.165, 1.54) is 0 Å². The molecule has 0 fully saturated rings. The number of hydrogen-bond acceptors (Lipinski definition) is 4. The largest absolute Gasteiger partial charge is 0.464 e. The number of hydrogen-bond donors (Lipinski definition) is 1. The van der Waals surface area contributed by atoms with Crippen molar-refractivity contribution < 1.29 is 9.53 Å². The minimum Gasteiger partial charge on any atom is -0.464 e. The molecule has 0 aliphatic rings. The summed E-state index contributed by atoms with van der Waals surface area (Å²) in [6, 6.07) is 18.0. The van der Waals surface area contributed by atoms with E-state index < -0.39 is 6.10 Å². The Hall–Kier alpha value is -3.67. The predicted molar refractivity (Wildman–Crippen MR) is 128 cm³/mol. The minimum absolute atomic E-state index is 0.220. The highest BCUT2D eigenvalue weighted by Crippen LogP contribution is 2.33. The molecule has 2 heterocycles. The lowest BCUT2D eigenvalue weighted by molar-refractivity contribution is -0.122. The Morgan fingerprint density at radius 3 is 2.56 bits per heavy atom.